The number of carbonyl (C=O) groups is 3. The van der Waals surface area contributed by atoms with Gasteiger partial charge < -0.3 is 39.5 Å². The summed E-state index contributed by atoms with van der Waals surface area (Å²) in [4.78, 5) is 54.5. The van der Waals surface area contributed by atoms with Gasteiger partial charge in [0, 0.05) is 56.4 Å². The number of amides is 3. The standard InChI is InChI=1S/C40H49N7O6/c1-7-46(8-2)19-18-45(5)39(50)30-13-15-31(16-14-30)42-40-41-26-32(37(49)43-36-27(3)10-9-11-28(36)4)38(44-40)53-33-17-12-29(24-34(33)51-6)25-35(48)47-20-22-52-23-21-47/h9-17,24,26H,7-8,18-23,25H2,1-6H3,(H,43,49)(H,41,42,44). The largest absolute Gasteiger partial charge is 0.493 e. The summed E-state index contributed by atoms with van der Waals surface area (Å²) in [7, 11) is 3.31. The third-order valence-corrected chi connectivity index (χ3v) is 9.25. The highest BCUT2D eigenvalue weighted by atomic mass is 16.5. The highest BCUT2D eigenvalue weighted by Gasteiger charge is 2.22. The molecule has 3 amide bonds. The van der Waals surface area contributed by atoms with Crippen LogP contribution in [0.3, 0.4) is 0 Å². The van der Waals surface area contributed by atoms with E-state index in [2.05, 4.69) is 39.3 Å². The molecule has 280 valence electrons. The van der Waals surface area contributed by atoms with Gasteiger partial charge in [-0.05, 0) is 80.0 Å². The topological polar surface area (TPSA) is 138 Å². The molecule has 0 atom stereocenters. The molecule has 3 aromatic carbocycles. The number of likely N-dealkylation sites (N-methyl/N-ethyl adjacent to an activating group) is 2. The number of carbonyl (C=O) groups excluding carboxylic acids is 3. The molecule has 0 saturated carbocycles. The molecule has 1 aromatic heterocycles. The lowest BCUT2D eigenvalue weighted by atomic mass is 10.1. The number of hydrogen-bond acceptors (Lipinski definition) is 10. The number of ether oxygens (including phenoxy) is 3. The van der Waals surface area contributed by atoms with Crippen LogP contribution in [0.2, 0.25) is 0 Å². The quantitative estimate of drug-likeness (QED) is 0.157. The fourth-order valence-electron chi connectivity index (χ4n) is 5.94. The van der Waals surface area contributed by atoms with Gasteiger partial charge in [0.1, 0.15) is 5.56 Å². The van der Waals surface area contributed by atoms with E-state index in [1.807, 2.05) is 32.0 Å². The molecule has 2 N–H and O–H groups in total. The van der Waals surface area contributed by atoms with Crippen LogP contribution in [0.25, 0.3) is 0 Å². The van der Waals surface area contributed by atoms with Crippen molar-refractivity contribution in [1.29, 1.82) is 0 Å². The number of aromatic nitrogens is 2. The molecule has 0 radical (unpaired) electrons. The van der Waals surface area contributed by atoms with Crippen LogP contribution in [0.5, 0.6) is 17.4 Å². The Balaban J connectivity index is 1.38. The first-order valence-corrected chi connectivity index (χ1v) is 17.9. The van der Waals surface area contributed by atoms with E-state index >= 15 is 0 Å². The number of nitrogens with zero attached hydrogens (tertiary/aromatic N) is 5. The Morgan fingerprint density at radius 1 is 0.925 bits per heavy atom. The molecule has 4 aromatic rings. The van der Waals surface area contributed by atoms with Gasteiger partial charge in [-0.3, -0.25) is 14.4 Å². The first kappa shape index (κ1) is 38.7. The maximum absolute atomic E-state index is 13.7. The minimum atomic E-state index is -0.455. The van der Waals surface area contributed by atoms with Crippen LogP contribution in [-0.4, -0.2) is 109 Å². The zero-order valence-electron chi connectivity index (χ0n) is 31.4. The first-order chi connectivity index (χ1) is 25.6. The van der Waals surface area contributed by atoms with E-state index in [1.54, 1.807) is 59.3 Å². The van der Waals surface area contributed by atoms with Gasteiger partial charge >= 0.3 is 0 Å². The number of nitrogens with one attached hydrogen (secondary N) is 2. The Hall–Kier alpha value is -5.53. The lowest BCUT2D eigenvalue weighted by Gasteiger charge is -2.27. The molecule has 1 saturated heterocycles. The summed E-state index contributed by atoms with van der Waals surface area (Å²) in [6.45, 7) is 13.5. The van der Waals surface area contributed by atoms with Crippen LogP contribution in [0, 0.1) is 13.8 Å². The third-order valence-electron chi connectivity index (χ3n) is 9.25. The van der Waals surface area contributed by atoms with Crippen molar-refractivity contribution < 1.29 is 28.6 Å². The van der Waals surface area contributed by atoms with Crippen molar-refractivity contribution in [2.75, 3.05) is 77.3 Å². The summed E-state index contributed by atoms with van der Waals surface area (Å²) in [5.74, 6) is 0.307. The number of para-hydroxylation sites is 1. The molecule has 13 nitrogen and oxygen atoms in total. The lowest BCUT2D eigenvalue weighted by molar-refractivity contribution is -0.134. The van der Waals surface area contributed by atoms with Crippen LogP contribution in [0.1, 0.15) is 51.3 Å². The Labute approximate surface area is 311 Å². The lowest BCUT2D eigenvalue weighted by Crippen LogP contribution is -2.41. The second kappa shape index (κ2) is 18.3. The number of rotatable bonds is 15. The van der Waals surface area contributed by atoms with Crippen LogP contribution in [0.4, 0.5) is 17.3 Å². The van der Waals surface area contributed by atoms with Crippen LogP contribution in [-0.2, 0) is 16.0 Å². The predicted molar refractivity (Wildman–Crippen MR) is 205 cm³/mol. The smallest absolute Gasteiger partial charge is 0.262 e. The molecular weight excluding hydrogens is 674 g/mol. The SMILES string of the molecule is CCN(CC)CCN(C)C(=O)c1ccc(Nc2ncc(C(=O)Nc3c(C)cccc3C)c(Oc3ccc(CC(=O)N4CCOCC4)cc3OC)n2)cc1. The minimum Gasteiger partial charge on any atom is -0.493 e. The predicted octanol–water partition coefficient (Wildman–Crippen LogP) is 5.71. The molecule has 5 rings (SSSR count). The van der Waals surface area contributed by atoms with Crippen molar-refractivity contribution in [3.8, 4) is 17.4 Å². The van der Waals surface area contributed by atoms with Crippen molar-refractivity contribution in [2.45, 2.75) is 34.1 Å². The monoisotopic (exact) mass is 723 g/mol. The van der Waals surface area contributed by atoms with Crippen LogP contribution < -0.4 is 20.1 Å². The molecule has 1 fully saturated rings. The molecule has 0 unspecified atom stereocenters. The highest BCUT2D eigenvalue weighted by molar-refractivity contribution is 6.06. The number of methoxy groups -OCH3 is 1. The summed E-state index contributed by atoms with van der Waals surface area (Å²) >= 11 is 0. The van der Waals surface area contributed by atoms with Gasteiger partial charge in [-0.2, -0.15) is 4.98 Å². The number of morpholine rings is 1. The number of anilines is 3. The summed E-state index contributed by atoms with van der Waals surface area (Å²) in [6, 6.07) is 18.0. The highest BCUT2D eigenvalue weighted by Crippen LogP contribution is 2.34. The average Bonchev–Trinajstić information content (AvgIpc) is 3.17. The number of benzene rings is 3. The van der Waals surface area contributed by atoms with E-state index in [-0.39, 0.29) is 35.6 Å². The van der Waals surface area contributed by atoms with E-state index in [1.165, 1.54) is 13.3 Å². The minimum absolute atomic E-state index is 0.000650. The second-order valence-corrected chi connectivity index (χ2v) is 12.8. The first-order valence-electron chi connectivity index (χ1n) is 17.9. The zero-order valence-corrected chi connectivity index (χ0v) is 31.4. The van der Waals surface area contributed by atoms with E-state index in [0.29, 0.717) is 61.3 Å². The Bertz CT molecular complexity index is 1870. The van der Waals surface area contributed by atoms with Crippen molar-refractivity contribution >= 4 is 35.0 Å². The van der Waals surface area contributed by atoms with Gasteiger partial charge in [-0.1, -0.05) is 38.1 Å². The zero-order chi connectivity index (χ0) is 37.9. The molecule has 13 heteroatoms. The fraction of sp³-hybridized carbons (Fsp3) is 0.375. The number of hydrogen-bond donors (Lipinski definition) is 2. The molecule has 1 aliphatic heterocycles. The van der Waals surface area contributed by atoms with Gasteiger partial charge in [0.05, 0.1) is 26.7 Å². The average molecular weight is 724 g/mol. The molecule has 53 heavy (non-hydrogen) atoms. The summed E-state index contributed by atoms with van der Waals surface area (Å²) in [6.07, 6.45) is 1.59. The van der Waals surface area contributed by atoms with Crippen molar-refractivity contribution in [2.24, 2.45) is 0 Å². The van der Waals surface area contributed by atoms with E-state index in [4.69, 9.17) is 14.2 Å². The van der Waals surface area contributed by atoms with Crippen LogP contribution in [0.15, 0.2) is 66.9 Å². The van der Waals surface area contributed by atoms with Crippen molar-refractivity contribution in [1.82, 2.24) is 24.7 Å². The second-order valence-electron chi connectivity index (χ2n) is 12.8. The van der Waals surface area contributed by atoms with Gasteiger partial charge in [0.2, 0.25) is 17.7 Å². The molecule has 0 spiro atoms. The Morgan fingerprint density at radius 3 is 2.28 bits per heavy atom. The third kappa shape index (κ3) is 10.1. The van der Waals surface area contributed by atoms with Gasteiger partial charge in [-0.15, -0.1) is 0 Å². The molecule has 0 bridgehead atoms. The van der Waals surface area contributed by atoms with E-state index in [0.717, 1.165) is 36.3 Å². The summed E-state index contributed by atoms with van der Waals surface area (Å²) < 4.78 is 17.3. The Kier molecular flexibility index (Phi) is 13.4. The maximum atomic E-state index is 13.7. The van der Waals surface area contributed by atoms with Crippen LogP contribution >= 0.6 is 0 Å². The molecule has 0 aliphatic carbocycles. The van der Waals surface area contributed by atoms with Gasteiger partial charge in [-0.25, -0.2) is 4.98 Å². The van der Waals surface area contributed by atoms with Gasteiger partial charge in [0.15, 0.2) is 11.5 Å². The van der Waals surface area contributed by atoms with E-state index in [9.17, 15) is 14.4 Å². The Morgan fingerprint density at radius 2 is 1.62 bits per heavy atom. The molecule has 1 aliphatic rings. The summed E-state index contributed by atoms with van der Waals surface area (Å²) in [5.41, 5.74) is 4.54. The summed E-state index contributed by atoms with van der Waals surface area (Å²) in [5, 5.41) is 6.15. The molecule has 2 heterocycles. The van der Waals surface area contributed by atoms with Crippen molar-refractivity contribution in [3.05, 3.63) is 94.7 Å². The normalized spacial score (nSPS) is 12.7. The van der Waals surface area contributed by atoms with Gasteiger partial charge in [0.25, 0.3) is 11.8 Å². The number of aryl methyl sites for hydroxylation is 2. The fourth-order valence-corrected chi connectivity index (χ4v) is 5.94. The molecular formula is C40H49N7O6. The maximum Gasteiger partial charge on any atom is 0.262 e. The van der Waals surface area contributed by atoms with Crippen molar-refractivity contribution in [3.63, 3.8) is 0 Å². The van der Waals surface area contributed by atoms with E-state index < -0.39 is 5.91 Å².